The van der Waals surface area contributed by atoms with Crippen molar-refractivity contribution >= 4 is 11.8 Å². The standard InChI is InChI=1S/C13H25NS/c1-11(9-14-12-7-8-12)10-15-13-5-3-2-4-6-13/h11-14H,2-10H2,1H3. The molecule has 2 aliphatic rings. The summed E-state index contributed by atoms with van der Waals surface area (Å²) in [5.74, 6) is 2.22. The third-order valence-corrected chi connectivity index (χ3v) is 5.21. The average molecular weight is 227 g/mol. The molecule has 15 heavy (non-hydrogen) atoms. The van der Waals surface area contributed by atoms with Crippen molar-refractivity contribution in [1.29, 1.82) is 0 Å². The van der Waals surface area contributed by atoms with E-state index in [-0.39, 0.29) is 0 Å². The van der Waals surface area contributed by atoms with Crippen molar-refractivity contribution in [3.8, 4) is 0 Å². The Morgan fingerprint density at radius 3 is 2.53 bits per heavy atom. The number of nitrogens with one attached hydrogen (secondary N) is 1. The van der Waals surface area contributed by atoms with Gasteiger partial charge in [-0.2, -0.15) is 11.8 Å². The van der Waals surface area contributed by atoms with Crippen molar-refractivity contribution in [2.45, 2.75) is 63.2 Å². The van der Waals surface area contributed by atoms with E-state index < -0.39 is 0 Å². The maximum atomic E-state index is 3.63. The number of thioether (sulfide) groups is 1. The van der Waals surface area contributed by atoms with E-state index in [0.717, 1.165) is 17.2 Å². The van der Waals surface area contributed by atoms with Gasteiger partial charge in [0.15, 0.2) is 0 Å². The topological polar surface area (TPSA) is 12.0 Å². The summed E-state index contributed by atoms with van der Waals surface area (Å²) in [7, 11) is 0. The molecule has 0 aromatic carbocycles. The van der Waals surface area contributed by atoms with Crippen molar-refractivity contribution in [2.24, 2.45) is 5.92 Å². The minimum Gasteiger partial charge on any atom is -0.314 e. The van der Waals surface area contributed by atoms with Crippen molar-refractivity contribution in [3.05, 3.63) is 0 Å². The Labute approximate surface area is 98.8 Å². The van der Waals surface area contributed by atoms with E-state index >= 15 is 0 Å². The third-order valence-electron chi connectivity index (χ3n) is 3.50. The van der Waals surface area contributed by atoms with Crippen LogP contribution in [0.25, 0.3) is 0 Å². The van der Waals surface area contributed by atoms with Crippen LogP contribution in [0.15, 0.2) is 0 Å². The summed E-state index contributed by atoms with van der Waals surface area (Å²) in [6, 6.07) is 0.882. The lowest BCUT2D eigenvalue weighted by Gasteiger charge is -2.22. The van der Waals surface area contributed by atoms with Gasteiger partial charge in [0.05, 0.1) is 0 Å². The lowest BCUT2D eigenvalue weighted by molar-refractivity contribution is 0.512. The van der Waals surface area contributed by atoms with Gasteiger partial charge in [0, 0.05) is 11.3 Å². The first-order valence-corrected chi connectivity index (χ1v) is 7.74. The molecule has 0 aromatic heterocycles. The predicted octanol–water partition coefficient (Wildman–Crippen LogP) is 3.44. The number of hydrogen-bond donors (Lipinski definition) is 1. The van der Waals surface area contributed by atoms with Crippen LogP contribution in [0.2, 0.25) is 0 Å². The van der Waals surface area contributed by atoms with Gasteiger partial charge in [-0.05, 0) is 43.9 Å². The molecule has 0 amide bonds. The Balaban J connectivity index is 1.50. The molecule has 2 saturated carbocycles. The molecule has 2 heteroatoms. The Kier molecular flexibility index (Phi) is 4.83. The van der Waals surface area contributed by atoms with Crippen LogP contribution in [-0.2, 0) is 0 Å². The molecule has 1 nitrogen and oxygen atoms in total. The highest BCUT2D eigenvalue weighted by molar-refractivity contribution is 7.99. The average Bonchev–Trinajstić information content (AvgIpc) is 3.09. The van der Waals surface area contributed by atoms with Crippen LogP contribution >= 0.6 is 11.8 Å². The summed E-state index contributed by atoms with van der Waals surface area (Å²) >= 11 is 2.24. The maximum Gasteiger partial charge on any atom is 0.00683 e. The summed E-state index contributed by atoms with van der Waals surface area (Å²) in [5.41, 5.74) is 0. The van der Waals surface area contributed by atoms with Crippen LogP contribution < -0.4 is 5.32 Å². The first-order valence-electron chi connectivity index (χ1n) is 6.69. The molecule has 1 unspecified atom stereocenters. The van der Waals surface area contributed by atoms with Gasteiger partial charge in [0.1, 0.15) is 0 Å². The Hall–Kier alpha value is 0.310. The van der Waals surface area contributed by atoms with E-state index in [4.69, 9.17) is 0 Å². The van der Waals surface area contributed by atoms with Crippen LogP contribution in [0.5, 0.6) is 0 Å². The fraction of sp³-hybridized carbons (Fsp3) is 1.00. The van der Waals surface area contributed by atoms with Gasteiger partial charge in [0.2, 0.25) is 0 Å². The molecule has 0 heterocycles. The summed E-state index contributed by atoms with van der Waals surface area (Å²) in [6.07, 6.45) is 10.2. The second-order valence-electron chi connectivity index (χ2n) is 5.38. The van der Waals surface area contributed by atoms with Crippen molar-refractivity contribution < 1.29 is 0 Å². The summed E-state index contributed by atoms with van der Waals surface area (Å²) in [5, 5.41) is 4.62. The second kappa shape index (κ2) is 6.15. The van der Waals surface area contributed by atoms with Gasteiger partial charge in [-0.15, -0.1) is 0 Å². The zero-order chi connectivity index (χ0) is 10.5. The van der Waals surface area contributed by atoms with Crippen LogP contribution in [0.3, 0.4) is 0 Å². The normalized spacial score (nSPS) is 25.4. The molecular weight excluding hydrogens is 202 g/mol. The quantitative estimate of drug-likeness (QED) is 0.746. The van der Waals surface area contributed by atoms with Gasteiger partial charge in [0.25, 0.3) is 0 Å². The molecule has 0 saturated heterocycles. The molecule has 0 radical (unpaired) electrons. The summed E-state index contributed by atoms with van der Waals surface area (Å²) < 4.78 is 0. The molecule has 2 fully saturated rings. The van der Waals surface area contributed by atoms with E-state index in [1.54, 1.807) is 0 Å². The van der Waals surface area contributed by atoms with Crippen LogP contribution in [0, 0.1) is 5.92 Å². The molecule has 1 N–H and O–H groups in total. The largest absolute Gasteiger partial charge is 0.314 e. The predicted molar refractivity (Wildman–Crippen MR) is 69.5 cm³/mol. The highest BCUT2D eigenvalue weighted by Gasteiger charge is 2.21. The summed E-state index contributed by atoms with van der Waals surface area (Å²) in [4.78, 5) is 0. The maximum absolute atomic E-state index is 3.63. The van der Waals surface area contributed by atoms with E-state index in [2.05, 4.69) is 24.0 Å². The van der Waals surface area contributed by atoms with Crippen LogP contribution in [0.4, 0.5) is 0 Å². The molecule has 2 rings (SSSR count). The van der Waals surface area contributed by atoms with Gasteiger partial charge >= 0.3 is 0 Å². The fourth-order valence-electron chi connectivity index (χ4n) is 2.25. The van der Waals surface area contributed by atoms with Crippen LogP contribution in [0.1, 0.15) is 51.9 Å². The molecular formula is C13H25NS. The highest BCUT2D eigenvalue weighted by atomic mass is 32.2. The zero-order valence-electron chi connectivity index (χ0n) is 10.0. The number of hydrogen-bond acceptors (Lipinski definition) is 2. The van der Waals surface area contributed by atoms with E-state index in [9.17, 15) is 0 Å². The molecule has 88 valence electrons. The molecule has 2 aliphatic carbocycles. The van der Waals surface area contributed by atoms with Gasteiger partial charge in [-0.25, -0.2) is 0 Å². The van der Waals surface area contributed by atoms with Crippen molar-refractivity contribution in [1.82, 2.24) is 5.32 Å². The first-order chi connectivity index (χ1) is 7.34. The Morgan fingerprint density at radius 1 is 1.13 bits per heavy atom. The smallest absolute Gasteiger partial charge is 0.00683 e. The minimum absolute atomic E-state index is 0.859. The fourth-order valence-corrected chi connectivity index (χ4v) is 3.63. The zero-order valence-corrected chi connectivity index (χ0v) is 10.8. The number of rotatable bonds is 6. The summed E-state index contributed by atoms with van der Waals surface area (Å²) in [6.45, 7) is 3.63. The third kappa shape index (κ3) is 4.78. The van der Waals surface area contributed by atoms with Crippen molar-refractivity contribution in [3.63, 3.8) is 0 Å². The first kappa shape index (κ1) is 11.8. The van der Waals surface area contributed by atoms with Crippen molar-refractivity contribution in [2.75, 3.05) is 12.3 Å². The second-order valence-corrected chi connectivity index (χ2v) is 6.71. The van der Waals surface area contributed by atoms with Gasteiger partial charge < -0.3 is 5.32 Å². The van der Waals surface area contributed by atoms with E-state index in [1.165, 1.54) is 57.2 Å². The molecule has 1 atom stereocenters. The van der Waals surface area contributed by atoms with E-state index in [1.807, 2.05) is 0 Å². The molecule has 0 aromatic rings. The Morgan fingerprint density at radius 2 is 1.87 bits per heavy atom. The molecule has 0 bridgehead atoms. The lowest BCUT2D eigenvalue weighted by atomic mass is 10.0. The van der Waals surface area contributed by atoms with Gasteiger partial charge in [-0.1, -0.05) is 26.2 Å². The minimum atomic E-state index is 0.859. The highest BCUT2D eigenvalue weighted by Crippen LogP contribution is 2.29. The monoisotopic (exact) mass is 227 g/mol. The molecule has 0 spiro atoms. The Bertz CT molecular complexity index is 173. The SMILES string of the molecule is CC(CNC1CC1)CSC1CCCCC1. The van der Waals surface area contributed by atoms with Crippen LogP contribution in [-0.4, -0.2) is 23.6 Å². The lowest BCUT2D eigenvalue weighted by Crippen LogP contribution is -2.25. The van der Waals surface area contributed by atoms with E-state index in [0.29, 0.717) is 0 Å². The van der Waals surface area contributed by atoms with Gasteiger partial charge in [-0.3, -0.25) is 0 Å². The molecule has 0 aliphatic heterocycles.